The zero-order chi connectivity index (χ0) is 21.3. The molecule has 152 valence electrons. The highest BCUT2D eigenvalue weighted by molar-refractivity contribution is 6.31. The number of aromatic nitrogens is 3. The van der Waals surface area contributed by atoms with Crippen molar-refractivity contribution >= 4 is 29.3 Å². The van der Waals surface area contributed by atoms with Crippen LogP contribution in [0.4, 0.5) is 0 Å². The summed E-state index contributed by atoms with van der Waals surface area (Å²) in [7, 11) is 0. The van der Waals surface area contributed by atoms with E-state index in [-0.39, 0.29) is 18.3 Å². The topological polar surface area (TPSA) is 95.7 Å². The predicted octanol–water partition coefficient (Wildman–Crippen LogP) is 3.51. The molecule has 1 aliphatic heterocycles. The van der Waals surface area contributed by atoms with Crippen molar-refractivity contribution in [3.8, 4) is 5.69 Å². The first-order valence-corrected chi connectivity index (χ1v) is 9.60. The predicted molar refractivity (Wildman–Crippen MR) is 109 cm³/mol. The van der Waals surface area contributed by atoms with Crippen LogP contribution in [0.1, 0.15) is 47.6 Å². The maximum Gasteiger partial charge on any atom is 0.378 e. The van der Waals surface area contributed by atoms with E-state index < -0.39 is 18.2 Å². The second kappa shape index (κ2) is 8.08. The number of aliphatic imine (C=N–C) groups is 1. The molecule has 0 N–H and O–H groups in total. The van der Waals surface area contributed by atoms with Crippen LogP contribution in [0.5, 0.6) is 0 Å². The summed E-state index contributed by atoms with van der Waals surface area (Å²) in [5.41, 5.74) is 2.61. The van der Waals surface area contributed by atoms with Crippen molar-refractivity contribution < 1.29 is 19.1 Å². The van der Waals surface area contributed by atoms with Gasteiger partial charge in [-0.3, -0.25) is 4.79 Å². The van der Waals surface area contributed by atoms with Crippen LogP contribution in [0.25, 0.3) is 5.69 Å². The highest BCUT2D eigenvalue weighted by Crippen LogP contribution is 2.32. The molecule has 0 aliphatic carbocycles. The third-order valence-electron chi connectivity index (χ3n) is 4.32. The Morgan fingerprint density at radius 1 is 1.17 bits per heavy atom. The van der Waals surface area contributed by atoms with Gasteiger partial charge in [0.2, 0.25) is 0 Å². The molecular formula is C21H17ClN4O4. The summed E-state index contributed by atoms with van der Waals surface area (Å²) >= 11 is 6.27. The molecule has 1 aliphatic rings. The van der Waals surface area contributed by atoms with Crippen molar-refractivity contribution in [2.75, 3.05) is 6.61 Å². The van der Waals surface area contributed by atoms with Crippen LogP contribution in [0.3, 0.4) is 0 Å². The molecule has 0 radical (unpaired) electrons. The number of carbonyl (C=O) groups excluding carboxylic acids is 2. The van der Waals surface area contributed by atoms with Crippen molar-refractivity contribution in [2.24, 2.45) is 4.99 Å². The highest BCUT2D eigenvalue weighted by atomic mass is 35.5. The molecule has 2 heterocycles. The quantitative estimate of drug-likeness (QED) is 0.595. The summed E-state index contributed by atoms with van der Waals surface area (Å²) in [4.78, 5) is 32.9. The summed E-state index contributed by atoms with van der Waals surface area (Å²) < 4.78 is 11.9. The van der Waals surface area contributed by atoms with Crippen molar-refractivity contribution in [3.05, 3.63) is 76.3 Å². The number of rotatable bonds is 4. The van der Waals surface area contributed by atoms with Crippen LogP contribution in [-0.4, -0.2) is 39.0 Å². The molecule has 0 bridgehead atoms. The first-order valence-electron chi connectivity index (χ1n) is 9.22. The molecule has 9 heteroatoms. The van der Waals surface area contributed by atoms with E-state index in [1.54, 1.807) is 25.1 Å². The Kier molecular flexibility index (Phi) is 5.33. The van der Waals surface area contributed by atoms with Crippen LogP contribution in [0.2, 0.25) is 5.02 Å². The first kappa shape index (κ1) is 19.8. The number of hydrogen-bond acceptors (Lipinski definition) is 7. The highest BCUT2D eigenvalue weighted by Gasteiger charge is 2.31. The number of benzene rings is 2. The molecule has 4 rings (SSSR count). The smallest absolute Gasteiger partial charge is 0.378 e. The second-order valence-corrected chi connectivity index (χ2v) is 6.83. The van der Waals surface area contributed by atoms with Crippen molar-refractivity contribution in [3.63, 3.8) is 0 Å². The van der Waals surface area contributed by atoms with Gasteiger partial charge in [-0.1, -0.05) is 41.9 Å². The summed E-state index contributed by atoms with van der Waals surface area (Å²) in [6.07, 6.45) is -1.11. The molecule has 0 amide bonds. The molecule has 8 nitrogen and oxygen atoms in total. The monoisotopic (exact) mass is 424 g/mol. The van der Waals surface area contributed by atoms with E-state index in [4.69, 9.17) is 21.1 Å². The fourth-order valence-electron chi connectivity index (χ4n) is 3.13. The van der Waals surface area contributed by atoms with Gasteiger partial charge >= 0.3 is 11.9 Å². The number of ether oxygens (including phenoxy) is 2. The lowest BCUT2D eigenvalue weighted by Gasteiger charge is -2.11. The van der Waals surface area contributed by atoms with E-state index in [2.05, 4.69) is 15.1 Å². The Labute approximate surface area is 177 Å². The minimum Gasteiger partial charge on any atom is -0.460 e. The first-order chi connectivity index (χ1) is 14.5. The van der Waals surface area contributed by atoms with Crippen molar-refractivity contribution in [1.29, 1.82) is 0 Å². The van der Waals surface area contributed by atoms with E-state index in [1.807, 2.05) is 30.3 Å². The summed E-state index contributed by atoms with van der Waals surface area (Å²) in [6, 6.07) is 14.6. The maximum atomic E-state index is 12.2. The minimum absolute atomic E-state index is 0.150. The van der Waals surface area contributed by atoms with Crippen molar-refractivity contribution in [2.45, 2.75) is 20.1 Å². The maximum absolute atomic E-state index is 12.2. The SMILES string of the molecule is CCOC(=O)c1nc2n(n1)-c1ccc(Cl)cc1C(c1ccccc1)=NC2OC(C)=O. The van der Waals surface area contributed by atoms with E-state index in [0.29, 0.717) is 22.0 Å². The summed E-state index contributed by atoms with van der Waals surface area (Å²) in [5.74, 6) is -1.19. The Balaban J connectivity index is 1.97. The number of nitrogens with zero attached hydrogens (tertiary/aromatic N) is 4. The van der Waals surface area contributed by atoms with Crippen LogP contribution in [0.15, 0.2) is 53.5 Å². The number of esters is 2. The lowest BCUT2D eigenvalue weighted by atomic mass is 10.0. The molecule has 30 heavy (non-hydrogen) atoms. The van der Waals surface area contributed by atoms with Gasteiger partial charge < -0.3 is 9.47 Å². The number of hydrogen-bond donors (Lipinski definition) is 0. The number of halogens is 1. The zero-order valence-electron chi connectivity index (χ0n) is 16.2. The second-order valence-electron chi connectivity index (χ2n) is 6.39. The average Bonchev–Trinajstić information content (AvgIpc) is 3.12. The number of fused-ring (bicyclic) bond motifs is 3. The minimum atomic E-state index is -1.11. The molecule has 0 fully saturated rings. The van der Waals surface area contributed by atoms with Gasteiger partial charge in [0.05, 0.1) is 18.0 Å². The summed E-state index contributed by atoms with van der Waals surface area (Å²) in [6.45, 7) is 3.15. The van der Waals surface area contributed by atoms with E-state index in [0.717, 1.165) is 5.56 Å². The van der Waals surface area contributed by atoms with Crippen LogP contribution >= 0.6 is 11.6 Å². The fraction of sp³-hybridized carbons (Fsp3) is 0.190. The van der Waals surface area contributed by atoms with Gasteiger partial charge in [-0.2, -0.15) is 4.98 Å². The average molecular weight is 425 g/mol. The largest absolute Gasteiger partial charge is 0.460 e. The van der Waals surface area contributed by atoms with E-state index in [9.17, 15) is 9.59 Å². The van der Waals surface area contributed by atoms with Gasteiger partial charge in [-0.25, -0.2) is 14.5 Å². The van der Waals surface area contributed by atoms with Crippen molar-refractivity contribution in [1.82, 2.24) is 14.8 Å². The molecule has 2 aromatic carbocycles. The molecule has 1 unspecified atom stereocenters. The summed E-state index contributed by atoms with van der Waals surface area (Å²) in [5, 5.41) is 4.81. The molecule has 0 saturated heterocycles. The van der Waals surface area contributed by atoms with Gasteiger partial charge in [-0.15, -0.1) is 5.10 Å². The molecule has 0 spiro atoms. The lowest BCUT2D eigenvalue weighted by molar-refractivity contribution is -0.146. The molecule has 1 aromatic heterocycles. The van der Waals surface area contributed by atoms with E-state index in [1.165, 1.54) is 11.6 Å². The third kappa shape index (κ3) is 3.69. The lowest BCUT2D eigenvalue weighted by Crippen LogP contribution is -2.12. The third-order valence-corrected chi connectivity index (χ3v) is 4.56. The standard InChI is InChI=1S/C21H17ClN4O4/c1-3-29-21(28)18-24-19-20(30-12(2)27)23-17(13-7-5-4-6-8-13)15-11-14(22)9-10-16(15)26(19)25-18/h4-11,20H,3H2,1-2H3. The normalized spacial score (nSPS) is 14.8. The Bertz CT molecular complexity index is 1160. The van der Waals surface area contributed by atoms with Gasteiger partial charge in [-0.05, 0) is 25.1 Å². The molecule has 0 saturated carbocycles. The van der Waals surface area contributed by atoms with Gasteiger partial charge in [0.25, 0.3) is 12.1 Å². The zero-order valence-corrected chi connectivity index (χ0v) is 17.0. The van der Waals surface area contributed by atoms with Crippen LogP contribution in [-0.2, 0) is 14.3 Å². The van der Waals surface area contributed by atoms with E-state index >= 15 is 0 Å². The molecule has 3 aromatic rings. The molecular weight excluding hydrogens is 408 g/mol. The Morgan fingerprint density at radius 3 is 2.63 bits per heavy atom. The molecule has 1 atom stereocenters. The van der Waals surface area contributed by atoms with Crippen LogP contribution < -0.4 is 0 Å². The van der Waals surface area contributed by atoms with Gasteiger partial charge in [0.15, 0.2) is 5.82 Å². The van der Waals surface area contributed by atoms with Gasteiger partial charge in [0, 0.05) is 23.1 Å². The Morgan fingerprint density at radius 2 is 1.93 bits per heavy atom. The Hall–Kier alpha value is -3.52. The van der Waals surface area contributed by atoms with Crippen LogP contribution in [0, 0.1) is 0 Å². The fourth-order valence-corrected chi connectivity index (χ4v) is 3.30. The number of carbonyl (C=O) groups is 2. The van der Waals surface area contributed by atoms with Gasteiger partial charge in [0.1, 0.15) is 0 Å².